The molecule has 3 heterocycles. The quantitative estimate of drug-likeness (QED) is 0.887. The van der Waals surface area contributed by atoms with E-state index in [9.17, 15) is 4.21 Å². The summed E-state index contributed by atoms with van der Waals surface area (Å²) in [4.78, 5) is 4.35. The number of rotatable bonds is 2. The van der Waals surface area contributed by atoms with Gasteiger partial charge in [0.1, 0.15) is 11.4 Å². The number of nitrogens with one attached hydrogen (secondary N) is 1. The number of furan rings is 1. The molecule has 0 aromatic carbocycles. The molecule has 1 aliphatic rings. The van der Waals surface area contributed by atoms with Gasteiger partial charge in [0, 0.05) is 34.5 Å². The fourth-order valence-electron chi connectivity index (χ4n) is 2.14. The van der Waals surface area contributed by atoms with Crippen LogP contribution in [-0.4, -0.2) is 26.7 Å². The van der Waals surface area contributed by atoms with Gasteiger partial charge in [-0.25, -0.2) is 4.98 Å². The molecule has 1 N–H and O–H groups in total. The summed E-state index contributed by atoms with van der Waals surface area (Å²) in [5.41, 5.74) is 0.849. The van der Waals surface area contributed by atoms with E-state index in [0.29, 0.717) is 6.04 Å². The summed E-state index contributed by atoms with van der Waals surface area (Å²) in [5.74, 6) is 2.45. The lowest BCUT2D eigenvalue weighted by Gasteiger charge is -2.23. The maximum atomic E-state index is 11.3. The van der Waals surface area contributed by atoms with Crippen LogP contribution in [0.25, 0.3) is 11.0 Å². The van der Waals surface area contributed by atoms with Gasteiger partial charge in [-0.1, -0.05) is 0 Å². The van der Waals surface area contributed by atoms with Crippen LogP contribution in [0.15, 0.2) is 29.0 Å². The third-order valence-electron chi connectivity index (χ3n) is 3.11. The van der Waals surface area contributed by atoms with Crippen molar-refractivity contribution in [3.8, 4) is 0 Å². The topological polar surface area (TPSA) is 55.1 Å². The zero-order chi connectivity index (χ0) is 11.7. The van der Waals surface area contributed by atoms with Crippen LogP contribution in [0.1, 0.15) is 12.8 Å². The van der Waals surface area contributed by atoms with Gasteiger partial charge in [-0.05, 0) is 25.0 Å². The van der Waals surface area contributed by atoms with E-state index >= 15 is 0 Å². The van der Waals surface area contributed by atoms with E-state index in [1.165, 1.54) is 0 Å². The summed E-state index contributed by atoms with van der Waals surface area (Å²) in [7, 11) is -0.617. The minimum absolute atomic E-state index is 0.376. The monoisotopic (exact) mass is 250 g/mol. The van der Waals surface area contributed by atoms with Gasteiger partial charge < -0.3 is 9.73 Å². The molecule has 5 heteroatoms. The molecule has 0 radical (unpaired) electrons. The summed E-state index contributed by atoms with van der Waals surface area (Å²) in [5, 5.41) is 4.44. The molecule has 2 aromatic rings. The second kappa shape index (κ2) is 4.49. The number of pyridine rings is 1. The predicted molar refractivity (Wildman–Crippen MR) is 68.5 cm³/mol. The Bertz CT molecular complexity index is 542. The number of aromatic nitrogens is 1. The molecule has 17 heavy (non-hydrogen) atoms. The molecule has 1 fully saturated rings. The molecule has 2 aromatic heterocycles. The molecule has 90 valence electrons. The number of anilines is 1. The van der Waals surface area contributed by atoms with Crippen molar-refractivity contribution in [2.45, 2.75) is 18.9 Å². The summed E-state index contributed by atoms with van der Waals surface area (Å²) in [6.45, 7) is 0. The van der Waals surface area contributed by atoms with Gasteiger partial charge >= 0.3 is 0 Å². The van der Waals surface area contributed by atoms with Crippen LogP contribution in [0, 0.1) is 0 Å². The Morgan fingerprint density at radius 3 is 3.00 bits per heavy atom. The van der Waals surface area contributed by atoms with Crippen molar-refractivity contribution in [2.24, 2.45) is 0 Å². The normalized spacial score (nSPS) is 24.9. The van der Waals surface area contributed by atoms with Gasteiger partial charge in [0.2, 0.25) is 0 Å². The zero-order valence-corrected chi connectivity index (χ0v) is 10.2. The van der Waals surface area contributed by atoms with Crippen molar-refractivity contribution in [1.29, 1.82) is 0 Å². The third-order valence-corrected chi connectivity index (χ3v) is 4.49. The molecule has 0 spiro atoms. The Kier molecular flexibility index (Phi) is 2.84. The molecule has 3 rings (SSSR count). The smallest absolute Gasteiger partial charge is 0.139 e. The van der Waals surface area contributed by atoms with Crippen LogP contribution in [-0.2, 0) is 10.8 Å². The zero-order valence-electron chi connectivity index (χ0n) is 9.39. The third kappa shape index (κ3) is 2.20. The van der Waals surface area contributed by atoms with Crippen LogP contribution >= 0.6 is 0 Å². The first-order valence-electron chi connectivity index (χ1n) is 5.76. The second-order valence-corrected chi connectivity index (χ2v) is 5.95. The Balaban J connectivity index is 1.80. The van der Waals surface area contributed by atoms with Crippen LogP contribution in [0.3, 0.4) is 0 Å². The van der Waals surface area contributed by atoms with E-state index in [1.54, 1.807) is 12.5 Å². The highest BCUT2D eigenvalue weighted by atomic mass is 32.2. The predicted octanol–water partition coefficient (Wildman–Crippen LogP) is 2.15. The highest BCUT2D eigenvalue weighted by Crippen LogP contribution is 2.24. The Morgan fingerprint density at radius 1 is 1.35 bits per heavy atom. The lowest BCUT2D eigenvalue weighted by Crippen LogP contribution is -2.29. The molecule has 0 amide bonds. The minimum atomic E-state index is -0.617. The van der Waals surface area contributed by atoms with Crippen molar-refractivity contribution in [1.82, 2.24) is 4.98 Å². The lowest BCUT2D eigenvalue weighted by atomic mass is 10.1. The van der Waals surface area contributed by atoms with Crippen molar-refractivity contribution in [3.63, 3.8) is 0 Å². The van der Waals surface area contributed by atoms with E-state index in [4.69, 9.17) is 4.42 Å². The van der Waals surface area contributed by atoms with E-state index in [2.05, 4.69) is 10.3 Å². The maximum Gasteiger partial charge on any atom is 0.139 e. The molecule has 0 bridgehead atoms. The van der Waals surface area contributed by atoms with Crippen LogP contribution in [0.5, 0.6) is 0 Å². The number of nitrogens with zero attached hydrogens (tertiary/aromatic N) is 1. The van der Waals surface area contributed by atoms with Crippen molar-refractivity contribution >= 4 is 27.6 Å². The lowest BCUT2D eigenvalue weighted by molar-refractivity contribution is 0.614. The summed E-state index contributed by atoms with van der Waals surface area (Å²) in [6.07, 6.45) is 5.31. The van der Waals surface area contributed by atoms with Crippen molar-refractivity contribution < 1.29 is 8.63 Å². The van der Waals surface area contributed by atoms with E-state index in [1.807, 2.05) is 12.1 Å². The fourth-order valence-corrected chi connectivity index (χ4v) is 3.44. The SMILES string of the molecule is O=S1CCC(Nc2nccc3occc23)CC1. The molecule has 1 saturated heterocycles. The van der Waals surface area contributed by atoms with E-state index < -0.39 is 10.8 Å². The van der Waals surface area contributed by atoms with E-state index in [0.717, 1.165) is 41.1 Å². The molecule has 0 unspecified atom stereocenters. The standard InChI is InChI=1S/C12H14N2O2S/c15-17-7-3-9(4-8-17)14-12-10-2-6-16-11(10)1-5-13-12/h1-2,5-6,9H,3-4,7-8H2,(H,13,14). The van der Waals surface area contributed by atoms with Gasteiger partial charge in [0.25, 0.3) is 0 Å². The number of fused-ring (bicyclic) bond motifs is 1. The highest BCUT2D eigenvalue weighted by Gasteiger charge is 2.18. The van der Waals surface area contributed by atoms with Gasteiger partial charge in [0.15, 0.2) is 0 Å². The minimum Gasteiger partial charge on any atom is -0.464 e. The summed E-state index contributed by atoms with van der Waals surface area (Å²) >= 11 is 0. The number of hydrogen-bond donors (Lipinski definition) is 1. The number of hydrogen-bond acceptors (Lipinski definition) is 4. The van der Waals surface area contributed by atoms with Gasteiger partial charge in [-0.3, -0.25) is 4.21 Å². The van der Waals surface area contributed by atoms with Gasteiger partial charge in [-0.15, -0.1) is 0 Å². The highest BCUT2D eigenvalue weighted by molar-refractivity contribution is 7.85. The van der Waals surface area contributed by atoms with Crippen LogP contribution in [0.4, 0.5) is 5.82 Å². The first-order valence-corrected chi connectivity index (χ1v) is 7.25. The van der Waals surface area contributed by atoms with E-state index in [-0.39, 0.29) is 0 Å². The van der Waals surface area contributed by atoms with Gasteiger partial charge in [0.05, 0.1) is 11.6 Å². The maximum absolute atomic E-state index is 11.3. The molecule has 0 aliphatic carbocycles. The first kappa shape index (κ1) is 10.8. The average molecular weight is 250 g/mol. The first-order chi connectivity index (χ1) is 8.33. The molecular weight excluding hydrogens is 236 g/mol. The van der Waals surface area contributed by atoms with Crippen molar-refractivity contribution in [3.05, 3.63) is 24.6 Å². The largest absolute Gasteiger partial charge is 0.464 e. The Labute approximate surface area is 102 Å². The Morgan fingerprint density at radius 2 is 2.18 bits per heavy atom. The molecular formula is C12H14N2O2S. The van der Waals surface area contributed by atoms with Crippen LogP contribution < -0.4 is 5.32 Å². The Hall–Kier alpha value is -1.36. The summed E-state index contributed by atoms with van der Waals surface area (Å²) in [6, 6.07) is 4.16. The average Bonchev–Trinajstić information content (AvgIpc) is 2.81. The molecule has 0 saturated carbocycles. The fraction of sp³-hybridized carbons (Fsp3) is 0.417. The van der Waals surface area contributed by atoms with Crippen molar-refractivity contribution in [2.75, 3.05) is 16.8 Å². The van der Waals surface area contributed by atoms with Gasteiger partial charge in [-0.2, -0.15) is 0 Å². The molecule has 4 nitrogen and oxygen atoms in total. The molecule has 0 atom stereocenters. The van der Waals surface area contributed by atoms with Crippen LogP contribution in [0.2, 0.25) is 0 Å². The summed E-state index contributed by atoms with van der Waals surface area (Å²) < 4.78 is 16.6. The molecule has 1 aliphatic heterocycles. The second-order valence-electron chi connectivity index (χ2n) is 4.26.